The van der Waals surface area contributed by atoms with E-state index in [0.29, 0.717) is 0 Å². The van der Waals surface area contributed by atoms with Crippen molar-refractivity contribution in [3.05, 3.63) is 166 Å². The molecule has 1 N–H and O–H groups in total. The average Bonchev–Trinajstić information content (AvgIpc) is 3.79. The summed E-state index contributed by atoms with van der Waals surface area (Å²) in [4.78, 5) is 0. The Morgan fingerprint density at radius 1 is 0.417 bits per heavy atom. The van der Waals surface area contributed by atoms with Gasteiger partial charge in [-0.1, -0.05) is 119 Å². The fraction of sp³-hybridized carbons (Fsp3) is 0.130. The van der Waals surface area contributed by atoms with Gasteiger partial charge in [-0.3, -0.25) is 0 Å². The third-order valence-corrected chi connectivity index (χ3v) is 11.5. The van der Waals surface area contributed by atoms with Crippen LogP contribution >= 0.6 is 11.3 Å². The summed E-state index contributed by atoms with van der Waals surface area (Å²) >= 11 is 1.73. The van der Waals surface area contributed by atoms with Crippen LogP contribution in [0.4, 0.5) is 11.4 Å². The molecule has 0 spiro atoms. The third-order valence-electron chi connectivity index (χ3n) is 10.8. The molecule has 0 radical (unpaired) electrons. The maximum absolute atomic E-state index is 3.85. The fourth-order valence-electron chi connectivity index (χ4n) is 8.22. The molecule has 0 fully saturated rings. The summed E-state index contributed by atoms with van der Waals surface area (Å²) in [6.07, 6.45) is 0. The lowest BCUT2D eigenvalue weighted by molar-refractivity contribution is 0.660. The number of benzene rings is 6. The van der Waals surface area contributed by atoms with Gasteiger partial charge >= 0.3 is 0 Å². The van der Waals surface area contributed by atoms with E-state index in [2.05, 4.69) is 177 Å². The number of hydrogen-bond acceptors (Lipinski definition) is 2. The standard InChI is InChI=1S/C46H37NS/c1-45(2)40-14-8-5-12-36(40)38-19-17-29(26-42(38)45)32-23-33(25-34(24-32)47-44-16-10-7-11-35(44)31-21-22-48-28-31)30-18-20-39-37-13-6-9-15-41(37)46(3,4)43(39)27-30/h5-28,47H,1-4H3. The molecule has 6 aromatic carbocycles. The molecule has 0 amide bonds. The first-order chi connectivity index (χ1) is 23.3. The normalized spacial score (nSPS) is 14.6. The van der Waals surface area contributed by atoms with E-state index in [0.717, 1.165) is 11.4 Å². The van der Waals surface area contributed by atoms with Crippen LogP contribution in [0.15, 0.2) is 144 Å². The molecule has 0 bridgehead atoms. The van der Waals surface area contributed by atoms with E-state index in [1.54, 1.807) is 11.3 Å². The number of anilines is 2. The molecule has 48 heavy (non-hydrogen) atoms. The summed E-state index contributed by atoms with van der Waals surface area (Å²) in [5, 5.41) is 8.22. The van der Waals surface area contributed by atoms with Crippen molar-refractivity contribution in [2.75, 3.05) is 5.32 Å². The molecule has 0 saturated carbocycles. The van der Waals surface area contributed by atoms with Crippen LogP contribution < -0.4 is 5.32 Å². The minimum atomic E-state index is -0.0549. The van der Waals surface area contributed by atoms with Gasteiger partial charge in [0.05, 0.1) is 0 Å². The fourth-order valence-corrected chi connectivity index (χ4v) is 8.87. The second kappa shape index (κ2) is 10.7. The van der Waals surface area contributed by atoms with Gasteiger partial charge in [0.25, 0.3) is 0 Å². The number of hydrogen-bond donors (Lipinski definition) is 1. The first-order valence-corrected chi connectivity index (χ1v) is 17.8. The van der Waals surface area contributed by atoms with Crippen molar-refractivity contribution in [1.29, 1.82) is 0 Å². The zero-order valence-corrected chi connectivity index (χ0v) is 28.6. The van der Waals surface area contributed by atoms with Crippen molar-refractivity contribution in [3.63, 3.8) is 0 Å². The summed E-state index contributed by atoms with van der Waals surface area (Å²) in [6, 6.07) is 49.7. The van der Waals surface area contributed by atoms with Crippen LogP contribution in [0.3, 0.4) is 0 Å². The monoisotopic (exact) mass is 635 g/mol. The number of para-hydroxylation sites is 1. The topological polar surface area (TPSA) is 12.0 Å². The molecule has 2 aliphatic rings. The van der Waals surface area contributed by atoms with E-state index >= 15 is 0 Å². The zero-order chi connectivity index (χ0) is 32.6. The van der Waals surface area contributed by atoms with Gasteiger partial charge in [0.2, 0.25) is 0 Å². The lowest BCUT2D eigenvalue weighted by atomic mass is 9.81. The second-order valence-corrected chi connectivity index (χ2v) is 15.1. The Bertz CT molecular complexity index is 2250. The predicted octanol–water partition coefficient (Wildman–Crippen LogP) is 13.1. The second-order valence-electron chi connectivity index (χ2n) is 14.3. The molecular weight excluding hydrogens is 599 g/mol. The first kappa shape index (κ1) is 29.0. The Balaban J connectivity index is 1.20. The molecule has 2 heteroatoms. The highest BCUT2D eigenvalue weighted by Crippen LogP contribution is 2.51. The van der Waals surface area contributed by atoms with Crippen LogP contribution in [0.25, 0.3) is 55.6 Å². The molecule has 232 valence electrons. The van der Waals surface area contributed by atoms with Crippen LogP contribution in [0.5, 0.6) is 0 Å². The maximum Gasteiger partial charge on any atom is 0.0464 e. The minimum absolute atomic E-state index is 0.0549. The Morgan fingerprint density at radius 2 is 0.917 bits per heavy atom. The van der Waals surface area contributed by atoms with Gasteiger partial charge in [-0.15, -0.1) is 0 Å². The number of rotatable bonds is 5. The van der Waals surface area contributed by atoms with Gasteiger partial charge < -0.3 is 5.32 Å². The van der Waals surface area contributed by atoms with Crippen LogP contribution in [-0.4, -0.2) is 0 Å². The molecule has 1 heterocycles. The molecule has 0 unspecified atom stereocenters. The van der Waals surface area contributed by atoms with E-state index in [-0.39, 0.29) is 10.8 Å². The summed E-state index contributed by atoms with van der Waals surface area (Å²) in [5.74, 6) is 0. The van der Waals surface area contributed by atoms with E-state index in [1.807, 2.05) is 0 Å². The molecular formula is C46H37NS. The Morgan fingerprint density at radius 3 is 1.46 bits per heavy atom. The van der Waals surface area contributed by atoms with Gasteiger partial charge in [0.15, 0.2) is 0 Å². The van der Waals surface area contributed by atoms with E-state index in [1.165, 1.54) is 77.9 Å². The molecule has 1 nitrogen and oxygen atoms in total. The van der Waals surface area contributed by atoms with Crippen molar-refractivity contribution >= 4 is 22.7 Å². The average molecular weight is 636 g/mol. The number of fused-ring (bicyclic) bond motifs is 6. The summed E-state index contributed by atoms with van der Waals surface area (Å²) in [5.41, 5.74) is 20.4. The predicted molar refractivity (Wildman–Crippen MR) is 205 cm³/mol. The number of thiophene rings is 1. The Kier molecular flexibility index (Phi) is 6.44. The lowest BCUT2D eigenvalue weighted by Crippen LogP contribution is -2.15. The van der Waals surface area contributed by atoms with E-state index < -0.39 is 0 Å². The minimum Gasteiger partial charge on any atom is -0.355 e. The highest BCUT2D eigenvalue weighted by molar-refractivity contribution is 7.08. The zero-order valence-electron chi connectivity index (χ0n) is 27.8. The van der Waals surface area contributed by atoms with E-state index in [9.17, 15) is 0 Å². The van der Waals surface area contributed by atoms with Crippen molar-refractivity contribution in [3.8, 4) is 55.6 Å². The molecule has 9 rings (SSSR count). The highest BCUT2D eigenvalue weighted by atomic mass is 32.1. The van der Waals surface area contributed by atoms with Gasteiger partial charge in [-0.2, -0.15) is 11.3 Å². The van der Waals surface area contributed by atoms with Gasteiger partial charge in [-0.05, 0) is 126 Å². The van der Waals surface area contributed by atoms with Crippen LogP contribution in [0.2, 0.25) is 0 Å². The van der Waals surface area contributed by atoms with Crippen LogP contribution in [-0.2, 0) is 10.8 Å². The van der Waals surface area contributed by atoms with Gasteiger partial charge in [0.1, 0.15) is 0 Å². The lowest BCUT2D eigenvalue weighted by Gasteiger charge is -2.23. The first-order valence-electron chi connectivity index (χ1n) is 16.8. The van der Waals surface area contributed by atoms with Crippen LogP contribution in [0, 0.1) is 0 Å². The van der Waals surface area contributed by atoms with E-state index in [4.69, 9.17) is 0 Å². The molecule has 1 aromatic heterocycles. The largest absolute Gasteiger partial charge is 0.355 e. The van der Waals surface area contributed by atoms with Crippen molar-refractivity contribution in [2.45, 2.75) is 38.5 Å². The molecule has 2 aliphatic carbocycles. The van der Waals surface area contributed by atoms with Crippen molar-refractivity contribution in [2.24, 2.45) is 0 Å². The Labute approximate surface area is 287 Å². The smallest absolute Gasteiger partial charge is 0.0464 e. The molecule has 7 aromatic rings. The van der Waals surface area contributed by atoms with Crippen molar-refractivity contribution in [1.82, 2.24) is 0 Å². The third kappa shape index (κ3) is 4.43. The molecule has 0 saturated heterocycles. The van der Waals surface area contributed by atoms with Gasteiger partial charge in [0, 0.05) is 27.8 Å². The summed E-state index contributed by atoms with van der Waals surface area (Å²) in [7, 11) is 0. The number of nitrogens with one attached hydrogen (secondary N) is 1. The van der Waals surface area contributed by atoms with Crippen LogP contribution in [0.1, 0.15) is 49.9 Å². The SMILES string of the molecule is CC1(C)c2ccccc2-c2ccc(-c3cc(Nc4ccccc4-c4ccsc4)cc(-c4ccc5c(c4)C(C)(C)c4ccccc4-5)c3)cc21. The summed E-state index contributed by atoms with van der Waals surface area (Å²) in [6.45, 7) is 9.43. The Hall–Kier alpha value is -5.18. The molecule has 0 aliphatic heterocycles. The highest BCUT2D eigenvalue weighted by Gasteiger charge is 2.36. The van der Waals surface area contributed by atoms with Crippen molar-refractivity contribution < 1.29 is 0 Å². The molecule has 0 atom stereocenters. The van der Waals surface area contributed by atoms with Gasteiger partial charge in [-0.25, -0.2) is 0 Å². The maximum atomic E-state index is 3.85. The summed E-state index contributed by atoms with van der Waals surface area (Å²) < 4.78 is 0. The quantitative estimate of drug-likeness (QED) is 0.198.